The Bertz CT molecular complexity index is 1520. The van der Waals surface area contributed by atoms with Gasteiger partial charge >= 0.3 is 0 Å². The largest absolute Gasteiger partial charge is 0.489 e. The summed E-state index contributed by atoms with van der Waals surface area (Å²) in [5.74, 6) is 2.20. The number of aryl methyl sites for hydroxylation is 2. The van der Waals surface area contributed by atoms with Crippen molar-refractivity contribution < 1.29 is 13.2 Å². The first-order chi connectivity index (χ1) is 20.8. The molecule has 1 fully saturated rings. The Morgan fingerprint density at radius 3 is 2.32 bits per heavy atom. The van der Waals surface area contributed by atoms with E-state index in [1.165, 1.54) is 24.0 Å². The number of ether oxygens (including phenoxy) is 1. The van der Waals surface area contributed by atoms with Crippen LogP contribution < -0.4 is 20.7 Å². The molecule has 10 heteroatoms. The summed E-state index contributed by atoms with van der Waals surface area (Å²) in [6.45, 7) is 13.6. The molecule has 240 valence electrons. The van der Waals surface area contributed by atoms with Gasteiger partial charge in [0.25, 0.3) is 0 Å². The van der Waals surface area contributed by atoms with Crippen molar-refractivity contribution in [1.29, 1.82) is 0 Å². The van der Waals surface area contributed by atoms with E-state index in [2.05, 4.69) is 59.0 Å². The topological polar surface area (TPSA) is 108 Å². The summed E-state index contributed by atoms with van der Waals surface area (Å²) in [5.41, 5.74) is 4.64. The number of nitrogens with one attached hydrogen (secondary N) is 3. The molecule has 3 aromatic rings. The van der Waals surface area contributed by atoms with Gasteiger partial charge in [-0.15, -0.1) is 0 Å². The van der Waals surface area contributed by atoms with Crippen molar-refractivity contribution in [2.45, 2.75) is 95.4 Å². The molecule has 0 bridgehead atoms. The summed E-state index contributed by atoms with van der Waals surface area (Å²) in [6, 6.07) is 11.8. The maximum absolute atomic E-state index is 13.0. The van der Waals surface area contributed by atoms with E-state index < -0.39 is 15.1 Å². The van der Waals surface area contributed by atoms with Crippen molar-refractivity contribution in [1.82, 2.24) is 20.2 Å². The van der Waals surface area contributed by atoms with Crippen LogP contribution in [-0.2, 0) is 9.84 Å². The van der Waals surface area contributed by atoms with E-state index in [1.54, 1.807) is 38.2 Å². The Labute approximate surface area is 264 Å². The number of sulfone groups is 1. The predicted molar refractivity (Wildman–Crippen MR) is 181 cm³/mol. The van der Waals surface area contributed by atoms with Crippen molar-refractivity contribution in [2.24, 2.45) is 0 Å². The molecular weight excluding hydrogens is 572 g/mol. The Hall–Kier alpha value is -3.21. The Balaban J connectivity index is 1.55. The maximum Gasteiger partial charge on any atom is 0.229 e. The SMILES string of the molecule is Cc1cc(Nc2ncc(C)c(Nc3ccccc3S(=O)(=O)C(C)C)n2)c(OC(C)C)cc1C1CCC(NCCN(C)C)CC1. The molecule has 44 heavy (non-hydrogen) atoms. The molecule has 1 aliphatic carbocycles. The Kier molecular flexibility index (Phi) is 11.3. The number of hydrogen-bond donors (Lipinski definition) is 3. The minimum absolute atomic E-state index is 0.00156. The molecule has 9 nitrogen and oxygen atoms in total. The van der Waals surface area contributed by atoms with Crippen LogP contribution in [0.2, 0.25) is 0 Å². The Morgan fingerprint density at radius 2 is 1.66 bits per heavy atom. The van der Waals surface area contributed by atoms with Crippen molar-refractivity contribution in [3.8, 4) is 5.75 Å². The molecule has 0 radical (unpaired) electrons. The third-order valence-corrected chi connectivity index (χ3v) is 10.4. The number of para-hydroxylation sites is 1. The van der Waals surface area contributed by atoms with Gasteiger partial charge in [-0.2, -0.15) is 4.98 Å². The average molecular weight is 623 g/mol. The molecule has 0 saturated heterocycles. The second-order valence-corrected chi connectivity index (χ2v) is 15.2. The highest BCUT2D eigenvalue weighted by molar-refractivity contribution is 7.92. The molecule has 0 atom stereocenters. The molecule has 1 saturated carbocycles. The number of hydrogen-bond acceptors (Lipinski definition) is 9. The monoisotopic (exact) mass is 622 g/mol. The first-order valence-electron chi connectivity index (χ1n) is 15.7. The summed E-state index contributed by atoms with van der Waals surface area (Å²) in [7, 11) is 0.734. The van der Waals surface area contributed by atoms with E-state index in [0.717, 1.165) is 42.9 Å². The highest BCUT2D eigenvalue weighted by Gasteiger charge is 2.26. The predicted octanol–water partition coefficient (Wildman–Crippen LogP) is 6.73. The van der Waals surface area contributed by atoms with Crippen LogP contribution in [-0.4, -0.2) is 67.9 Å². The van der Waals surface area contributed by atoms with Gasteiger partial charge in [0, 0.05) is 30.9 Å². The quantitative estimate of drug-likeness (QED) is 0.191. The van der Waals surface area contributed by atoms with Crippen molar-refractivity contribution in [3.63, 3.8) is 0 Å². The summed E-state index contributed by atoms with van der Waals surface area (Å²) in [5, 5.41) is 9.82. The second kappa shape index (κ2) is 14.7. The standard InChI is InChI=1S/C34H50N6O3S/c1-22(2)43-31-20-28(26-13-15-27(16-14-26)35-17-18-40(7)8)24(5)19-30(31)38-34-36-21-25(6)33(39-34)37-29-11-9-10-12-32(29)44(41,42)23(3)4/h9-12,19-23,26-27,35H,13-18H2,1-8H3,(H2,36,37,38,39). The minimum Gasteiger partial charge on any atom is -0.489 e. The maximum atomic E-state index is 13.0. The van der Waals surface area contributed by atoms with Crippen LogP contribution in [0.1, 0.15) is 76.0 Å². The normalized spacial score (nSPS) is 17.3. The lowest BCUT2D eigenvalue weighted by atomic mass is 9.80. The van der Waals surface area contributed by atoms with Crippen LogP contribution in [0.3, 0.4) is 0 Å². The number of anilines is 4. The first-order valence-corrected chi connectivity index (χ1v) is 17.3. The lowest BCUT2D eigenvalue weighted by molar-refractivity contribution is 0.243. The van der Waals surface area contributed by atoms with E-state index in [9.17, 15) is 8.42 Å². The molecular formula is C34H50N6O3S. The third kappa shape index (κ3) is 8.49. The van der Waals surface area contributed by atoms with E-state index >= 15 is 0 Å². The van der Waals surface area contributed by atoms with Gasteiger partial charge in [0.05, 0.1) is 27.6 Å². The van der Waals surface area contributed by atoms with Gasteiger partial charge in [-0.1, -0.05) is 12.1 Å². The fourth-order valence-electron chi connectivity index (χ4n) is 5.64. The van der Waals surface area contributed by atoms with E-state index in [1.807, 2.05) is 26.8 Å². The van der Waals surface area contributed by atoms with Crippen LogP contribution >= 0.6 is 0 Å². The zero-order chi connectivity index (χ0) is 32.0. The van der Waals surface area contributed by atoms with Crippen LogP contribution in [0, 0.1) is 13.8 Å². The van der Waals surface area contributed by atoms with Crippen molar-refractivity contribution in [3.05, 3.63) is 59.3 Å². The molecule has 0 amide bonds. The number of rotatable bonds is 13. The van der Waals surface area contributed by atoms with Crippen LogP contribution in [0.25, 0.3) is 0 Å². The minimum atomic E-state index is -3.49. The second-order valence-electron chi connectivity index (χ2n) is 12.7. The summed E-state index contributed by atoms with van der Waals surface area (Å²) >= 11 is 0. The molecule has 2 aromatic carbocycles. The summed E-state index contributed by atoms with van der Waals surface area (Å²) < 4.78 is 32.3. The molecule has 1 heterocycles. The molecule has 0 spiro atoms. The molecule has 4 rings (SSSR count). The fourth-order valence-corrected chi connectivity index (χ4v) is 6.84. The summed E-state index contributed by atoms with van der Waals surface area (Å²) in [6.07, 6.45) is 6.38. The zero-order valence-electron chi connectivity index (χ0n) is 27.6. The van der Waals surface area contributed by atoms with Gasteiger partial charge in [0.1, 0.15) is 11.6 Å². The van der Waals surface area contributed by atoms with Crippen molar-refractivity contribution in [2.75, 3.05) is 37.8 Å². The smallest absolute Gasteiger partial charge is 0.229 e. The molecule has 1 aliphatic rings. The average Bonchev–Trinajstić information content (AvgIpc) is 2.96. The number of likely N-dealkylation sites (N-methyl/N-ethyl adjacent to an activating group) is 1. The van der Waals surface area contributed by atoms with E-state index in [0.29, 0.717) is 29.4 Å². The number of benzene rings is 2. The highest BCUT2D eigenvalue weighted by atomic mass is 32.2. The molecule has 0 aliphatic heterocycles. The van der Waals surface area contributed by atoms with Gasteiger partial charge in [0.15, 0.2) is 9.84 Å². The van der Waals surface area contributed by atoms with Gasteiger partial charge in [0.2, 0.25) is 5.95 Å². The van der Waals surface area contributed by atoms with Crippen LogP contribution in [0.15, 0.2) is 47.5 Å². The van der Waals surface area contributed by atoms with Gasteiger partial charge in [-0.25, -0.2) is 13.4 Å². The van der Waals surface area contributed by atoms with Crippen LogP contribution in [0.4, 0.5) is 23.1 Å². The molecule has 0 unspecified atom stereocenters. The van der Waals surface area contributed by atoms with Crippen molar-refractivity contribution >= 4 is 33.0 Å². The third-order valence-electron chi connectivity index (χ3n) is 8.18. The Morgan fingerprint density at radius 1 is 0.955 bits per heavy atom. The highest BCUT2D eigenvalue weighted by Crippen LogP contribution is 2.40. The lowest BCUT2D eigenvalue weighted by Gasteiger charge is -2.31. The van der Waals surface area contributed by atoms with E-state index in [-0.39, 0.29) is 11.0 Å². The fraction of sp³-hybridized carbons (Fsp3) is 0.529. The van der Waals surface area contributed by atoms with Gasteiger partial charge in [-0.05, 0) is 123 Å². The first kappa shape index (κ1) is 33.7. The van der Waals surface area contributed by atoms with E-state index in [4.69, 9.17) is 9.72 Å². The zero-order valence-corrected chi connectivity index (χ0v) is 28.4. The van der Waals surface area contributed by atoms with Gasteiger partial charge < -0.3 is 25.6 Å². The van der Waals surface area contributed by atoms with Gasteiger partial charge in [-0.3, -0.25) is 0 Å². The number of nitrogens with zero attached hydrogens (tertiary/aromatic N) is 3. The summed E-state index contributed by atoms with van der Waals surface area (Å²) in [4.78, 5) is 11.7. The number of aromatic nitrogens is 2. The molecule has 1 aromatic heterocycles. The lowest BCUT2D eigenvalue weighted by Crippen LogP contribution is -2.37. The molecule has 3 N–H and O–H groups in total. The van der Waals surface area contributed by atoms with Crippen LogP contribution in [0.5, 0.6) is 5.75 Å².